The molecule has 0 aliphatic carbocycles. The van der Waals surface area contributed by atoms with Gasteiger partial charge in [0.1, 0.15) is 0 Å². The Bertz CT molecular complexity index is 612. The molecule has 124 valence electrons. The predicted molar refractivity (Wildman–Crippen MR) is 89.5 cm³/mol. The first kappa shape index (κ1) is 15.8. The summed E-state index contributed by atoms with van der Waals surface area (Å²) in [6.07, 6.45) is 0.824. The maximum absolute atomic E-state index is 12.7. The number of piperidine rings is 1. The maximum Gasteiger partial charge on any atom is 0.321 e. The molecule has 6 heteroatoms. The summed E-state index contributed by atoms with van der Waals surface area (Å²) in [5.74, 6) is 0.0300. The Balaban J connectivity index is 1.72. The van der Waals surface area contributed by atoms with Crippen molar-refractivity contribution >= 4 is 17.6 Å². The Kier molecular flexibility index (Phi) is 4.02. The zero-order valence-corrected chi connectivity index (χ0v) is 13.7. The van der Waals surface area contributed by atoms with Gasteiger partial charge in [-0.25, -0.2) is 4.79 Å². The number of nitrogens with two attached hydrogens (primary N) is 1. The van der Waals surface area contributed by atoms with E-state index in [1.165, 1.54) is 0 Å². The lowest BCUT2D eigenvalue weighted by atomic mass is 9.79. The van der Waals surface area contributed by atoms with Gasteiger partial charge in [0.2, 0.25) is 0 Å². The third-order valence-corrected chi connectivity index (χ3v) is 4.88. The lowest BCUT2D eigenvalue weighted by molar-refractivity contribution is 0.0533. The second kappa shape index (κ2) is 5.85. The average Bonchev–Trinajstić information content (AvgIpc) is 2.95. The summed E-state index contributed by atoms with van der Waals surface area (Å²) in [6.45, 7) is 6.88. The van der Waals surface area contributed by atoms with E-state index in [0.29, 0.717) is 31.7 Å². The van der Waals surface area contributed by atoms with Crippen molar-refractivity contribution in [3.8, 4) is 0 Å². The van der Waals surface area contributed by atoms with Gasteiger partial charge < -0.3 is 16.0 Å². The van der Waals surface area contributed by atoms with Crippen LogP contribution in [0.4, 0.5) is 10.5 Å². The number of anilines is 1. The number of urea groups is 1. The average molecular weight is 316 g/mol. The number of amides is 3. The molecule has 1 unspecified atom stereocenters. The molecule has 0 bridgehead atoms. The molecule has 0 saturated carbocycles. The molecule has 2 aliphatic rings. The number of hydrogen-bond donors (Lipinski definition) is 2. The fourth-order valence-electron chi connectivity index (χ4n) is 3.23. The summed E-state index contributed by atoms with van der Waals surface area (Å²) in [5, 5.41) is 2.77. The minimum Gasteiger partial charge on any atom is -0.338 e. The van der Waals surface area contributed by atoms with Crippen molar-refractivity contribution in [2.24, 2.45) is 11.1 Å². The Morgan fingerprint density at radius 1 is 1.26 bits per heavy atom. The first-order chi connectivity index (χ1) is 10.9. The van der Waals surface area contributed by atoms with Crippen molar-refractivity contribution in [2.75, 3.05) is 31.1 Å². The molecule has 6 nitrogen and oxygen atoms in total. The summed E-state index contributed by atoms with van der Waals surface area (Å²) in [4.78, 5) is 27.9. The van der Waals surface area contributed by atoms with Crippen molar-refractivity contribution < 1.29 is 9.59 Å². The topological polar surface area (TPSA) is 78.7 Å². The molecule has 2 aliphatic heterocycles. The summed E-state index contributed by atoms with van der Waals surface area (Å²) < 4.78 is 0. The van der Waals surface area contributed by atoms with Crippen LogP contribution in [0.3, 0.4) is 0 Å². The first-order valence-corrected chi connectivity index (χ1v) is 8.09. The smallest absolute Gasteiger partial charge is 0.321 e. The summed E-state index contributed by atoms with van der Waals surface area (Å²) in [6, 6.07) is 7.30. The number of rotatable bonds is 2. The van der Waals surface area contributed by atoms with Gasteiger partial charge in [0, 0.05) is 43.5 Å². The van der Waals surface area contributed by atoms with E-state index in [4.69, 9.17) is 5.73 Å². The molecule has 0 spiro atoms. The monoisotopic (exact) mass is 316 g/mol. The molecule has 3 rings (SSSR count). The van der Waals surface area contributed by atoms with E-state index in [9.17, 15) is 9.59 Å². The van der Waals surface area contributed by atoms with Gasteiger partial charge in [0.05, 0.1) is 0 Å². The van der Waals surface area contributed by atoms with Crippen LogP contribution in [0.25, 0.3) is 0 Å². The number of likely N-dealkylation sites (tertiary alicyclic amines) is 1. The molecular formula is C17H24N4O2. The van der Waals surface area contributed by atoms with E-state index in [2.05, 4.69) is 19.2 Å². The third-order valence-electron chi connectivity index (χ3n) is 4.88. The molecule has 23 heavy (non-hydrogen) atoms. The molecule has 0 aromatic heterocycles. The second-order valence-corrected chi connectivity index (χ2v) is 7.04. The van der Waals surface area contributed by atoms with E-state index in [1.54, 1.807) is 17.0 Å². The largest absolute Gasteiger partial charge is 0.338 e. The maximum atomic E-state index is 12.7. The highest BCUT2D eigenvalue weighted by atomic mass is 16.2. The normalized spacial score (nSPS) is 23.8. The zero-order chi connectivity index (χ0) is 16.6. The van der Waals surface area contributed by atoms with E-state index in [1.807, 2.05) is 17.0 Å². The first-order valence-electron chi connectivity index (χ1n) is 8.09. The molecule has 2 saturated heterocycles. The molecule has 2 heterocycles. The summed E-state index contributed by atoms with van der Waals surface area (Å²) >= 11 is 0. The number of nitrogens with zero attached hydrogens (tertiary/aromatic N) is 2. The van der Waals surface area contributed by atoms with E-state index in [0.717, 1.165) is 12.1 Å². The number of carbonyl (C=O) groups is 2. The molecule has 1 aromatic carbocycles. The third kappa shape index (κ3) is 3.03. The van der Waals surface area contributed by atoms with Crippen LogP contribution in [-0.2, 0) is 0 Å². The standard InChI is InChI=1S/C17H24N4O2/c1-17(2)11-20(9-7-14(17)18)15(22)12-3-5-13(6-4-12)21-10-8-19-16(21)23/h3-6,14H,7-11,18H2,1-2H3,(H,19,23). The predicted octanol–water partition coefficient (Wildman–Crippen LogP) is 1.42. The molecular weight excluding hydrogens is 292 g/mol. The van der Waals surface area contributed by atoms with E-state index >= 15 is 0 Å². The van der Waals surface area contributed by atoms with Crippen LogP contribution in [0.15, 0.2) is 24.3 Å². The van der Waals surface area contributed by atoms with Crippen molar-refractivity contribution in [1.29, 1.82) is 0 Å². The van der Waals surface area contributed by atoms with Crippen LogP contribution in [-0.4, -0.2) is 49.1 Å². The molecule has 1 atom stereocenters. The summed E-state index contributed by atoms with van der Waals surface area (Å²) in [7, 11) is 0. The van der Waals surface area contributed by atoms with Gasteiger partial charge in [-0.3, -0.25) is 9.69 Å². The van der Waals surface area contributed by atoms with Crippen LogP contribution in [0.1, 0.15) is 30.6 Å². The van der Waals surface area contributed by atoms with Crippen LogP contribution in [0, 0.1) is 5.41 Å². The molecule has 3 N–H and O–H groups in total. The fraction of sp³-hybridized carbons (Fsp3) is 0.529. The Hall–Kier alpha value is -2.08. The van der Waals surface area contributed by atoms with Crippen LogP contribution in [0.2, 0.25) is 0 Å². The number of benzene rings is 1. The lowest BCUT2D eigenvalue weighted by Crippen LogP contribution is -2.54. The Labute approximate surface area is 136 Å². The fourth-order valence-corrected chi connectivity index (χ4v) is 3.23. The minimum absolute atomic E-state index is 0.0300. The second-order valence-electron chi connectivity index (χ2n) is 7.04. The lowest BCUT2D eigenvalue weighted by Gasteiger charge is -2.42. The van der Waals surface area contributed by atoms with Gasteiger partial charge in [-0.2, -0.15) is 0 Å². The van der Waals surface area contributed by atoms with Gasteiger partial charge >= 0.3 is 6.03 Å². The number of carbonyl (C=O) groups excluding carboxylic acids is 2. The van der Waals surface area contributed by atoms with E-state index in [-0.39, 0.29) is 23.4 Å². The van der Waals surface area contributed by atoms with Gasteiger partial charge in [-0.1, -0.05) is 13.8 Å². The van der Waals surface area contributed by atoms with Crippen molar-refractivity contribution in [3.05, 3.63) is 29.8 Å². The minimum atomic E-state index is -0.0872. The van der Waals surface area contributed by atoms with Gasteiger partial charge in [-0.05, 0) is 36.1 Å². The van der Waals surface area contributed by atoms with Crippen LogP contribution in [0.5, 0.6) is 0 Å². The zero-order valence-electron chi connectivity index (χ0n) is 13.7. The Morgan fingerprint density at radius 2 is 1.96 bits per heavy atom. The molecule has 1 aromatic rings. The number of hydrogen-bond acceptors (Lipinski definition) is 3. The van der Waals surface area contributed by atoms with Crippen LogP contribution >= 0.6 is 0 Å². The summed E-state index contributed by atoms with van der Waals surface area (Å²) in [5.41, 5.74) is 7.54. The van der Waals surface area contributed by atoms with Gasteiger partial charge in [0.15, 0.2) is 0 Å². The quantitative estimate of drug-likeness (QED) is 0.866. The molecule has 3 amide bonds. The highest BCUT2D eigenvalue weighted by molar-refractivity contribution is 5.97. The highest BCUT2D eigenvalue weighted by Gasteiger charge is 2.35. The SMILES string of the molecule is CC1(C)CN(C(=O)c2ccc(N3CCNC3=O)cc2)CCC1N. The Morgan fingerprint density at radius 3 is 2.52 bits per heavy atom. The molecule has 0 radical (unpaired) electrons. The highest BCUT2D eigenvalue weighted by Crippen LogP contribution is 2.29. The van der Waals surface area contributed by atoms with Crippen LogP contribution < -0.4 is 16.0 Å². The number of nitrogens with one attached hydrogen (secondary N) is 1. The van der Waals surface area contributed by atoms with Crippen molar-refractivity contribution in [2.45, 2.75) is 26.3 Å². The van der Waals surface area contributed by atoms with Gasteiger partial charge in [-0.15, -0.1) is 0 Å². The molecule has 2 fully saturated rings. The van der Waals surface area contributed by atoms with E-state index < -0.39 is 0 Å². The van der Waals surface area contributed by atoms with Gasteiger partial charge in [0.25, 0.3) is 5.91 Å². The van der Waals surface area contributed by atoms with Crippen molar-refractivity contribution in [3.63, 3.8) is 0 Å². The van der Waals surface area contributed by atoms with Crippen molar-refractivity contribution in [1.82, 2.24) is 10.2 Å².